The predicted octanol–water partition coefficient (Wildman–Crippen LogP) is 0.576. The lowest BCUT2D eigenvalue weighted by Crippen LogP contribution is -2.24. The minimum atomic E-state index is -0.237. The van der Waals surface area contributed by atoms with Gasteiger partial charge >= 0.3 is 0 Å². The first kappa shape index (κ1) is 8.34. The zero-order chi connectivity index (χ0) is 8.97. The Bertz CT molecular complexity index is 321. The summed E-state index contributed by atoms with van der Waals surface area (Å²) in [6.07, 6.45) is 1.69. The van der Waals surface area contributed by atoms with Gasteiger partial charge in [0.05, 0.1) is 6.07 Å². The van der Waals surface area contributed by atoms with E-state index in [1.54, 1.807) is 12.3 Å². The van der Waals surface area contributed by atoms with Crippen LogP contribution in [0.4, 0.5) is 0 Å². The summed E-state index contributed by atoms with van der Waals surface area (Å²) < 4.78 is 0. The average molecular weight is 163 g/mol. The van der Waals surface area contributed by atoms with E-state index in [1.807, 2.05) is 13.0 Å². The summed E-state index contributed by atoms with van der Waals surface area (Å²) in [5, 5.41) is 10.7. The van der Waals surface area contributed by atoms with Crippen LogP contribution in [-0.2, 0) is 0 Å². The number of carbonyl (C=O) groups excluding carboxylic acids is 1. The number of nitrogens with zero attached hydrogens (tertiary/aromatic N) is 1. The quantitative estimate of drug-likeness (QED) is 0.626. The summed E-state index contributed by atoms with van der Waals surface area (Å²) >= 11 is 0. The van der Waals surface area contributed by atoms with E-state index in [0.717, 1.165) is 5.56 Å². The highest BCUT2D eigenvalue weighted by Crippen LogP contribution is 2.03. The van der Waals surface area contributed by atoms with Gasteiger partial charge in [-0.05, 0) is 18.6 Å². The van der Waals surface area contributed by atoms with Crippen molar-refractivity contribution in [1.29, 1.82) is 5.26 Å². The number of amides is 1. The predicted molar refractivity (Wildman–Crippen MR) is 43.5 cm³/mol. The van der Waals surface area contributed by atoms with Crippen LogP contribution >= 0.6 is 0 Å². The van der Waals surface area contributed by atoms with Crippen molar-refractivity contribution in [3.63, 3.8) is 0 Å². The third-order valence-corrected chi connectivity index (χ3v) is 1.51. The Morgan fingerprint density at radius 1 is 1.83 bits per heavy atom. The van der Waals surface area contributed by atoms with Crippen molar-refractivity contribution in [3.05, 3.63) is 23.5 Å². The molecule has 0 saturated heterocycles. The molecule has 0 saturated carbocycles. The van der Waals surface area contributed by atoms with Gasteiger partial charge in [-0.1, -0.05) is 0 Å². The number of aryl methyl sites for hydroxylation is 1. The van der Waals surface area contributed by atoms with Crippen molar-refractivity contribution in [3.8, 4) is 6.07 Å². The van der Waals surface area contributed by atoms with Crippen LogP contribution in [0.3, 0.4) is 0 Å². The molecule has 0 bridgehead atoms. The second-order valence-corrected chi connectivity index (χ2v) is 2.38. The molecule has 12 heavy (non-hydrogen) atoms. The van der Waals surface area contributed by atoms with Crippen molar-refractivity contribution in [2.75, 3.05) is 6.54 Å². The Labute approximate surface area is 70.2 Å². The molecule has 0 fully saturated rings. The van der Waals surface area contributed by atoms with Crippen LogP contribution in [0.2, 0.25) is 0 Å². The molecule has 1 aromatic rings. The van der Waals surface area contributed by atoms with Gasteiger partial charge in [-0.25, -0.2) is 0 Å². The number of aromatic nitrogens is 1. The molecule has 0 atom stereocenters. The first-order chi connectivity index (χ1) is 5.75. The van der Waals surface area contributed by atoms with Crippen LogP contribution in [0, 0.1) is 18.3 Å². The van der Waals surface area contributed by atoms with E-state index < -0.39 is 0 Å². The summed E-state index contributed by atoms with van der Waals surface area (Å²) in [5.74, 6) is -0.237. The third kappa shape index (κ3) is 1.64. The van der Waals surface area contributed by atoms with E-state index in [9.17, 15) is 4.79 Å². The fourth-order valence-corrected chi connectivity index (χ4v) is 0.900. The standard InChI is InChI=1S/C8H9N3O/c1-6-2-4-10-7(6)8(12)11-5-3-9/h2,4,10H,5H2,1H3,(H,11,12). The van der Waals surface area contributed by atoms with Crippen molar-refractivity contribution >= 4 is 5.91 Å². The molecule has 0 radical (unpaired) electrons. The zero-order valence-electron chi connectivity index (χ0n) is 6.72. The van der Waals surface area contributed by atoms with Crippen molar-refractivity contribution in [1.82, 2.24) is 10.3 Å². The number of carbonyl (C=O) groups is 1. The molecule has 1 rings (SSSR count). The number of hydrogen-bond acceptors (Lipinski definition) is 2. The molecular formula is C8H9N3O. The highest BCUT2D eigenvalue weighted by Gasteiger charge is 2.07. The maximum absolute atomic E-state index is 11.2. The molecule has 0 aliphatic heterocycles. The van der Waals surface area contributed by atoms with Gasteiger partial charge in [0.2, 0.25) is 0 Å². The molecular weight excluding hydrogens is 154 g/mol. The Morgan fingerprint density at radius 3 is 3.08 bits per heavy atom. The molecule has 0 aliphatic carbocycles. The SMILES string of the molecule is Cc1cc[nH]c1C(=O)NCC#N. The van der Waals surface area contributed by atoms with Gasteiger partial charge in [-0.15, -0.1) is 0 Å². The van der Waals surface area contributed by atoms with Crippen molar-refractivity contribution in [2.24, 2.45) is 0 Å². The number of rotatable bonds is 2. The molecule has 4 heteroatoms. The highest BCUT2D eigenvalue weighted by molar-refractivity contribution is 5.93. The average Bonchev–Trinajstić information content (AvgIpc) is 2.47. The zero-order valence-corrected chi connectivity index (χ0v) is 6.72. The minimum absolute atomic E-state index is 0.0390. The maximum Gasteiger partial charge on any atom is 0.268 e. The molecule has 1 aromatic heterocycles. The number of aromatic amines is 1. The summed E-state index contributed by atoms with van der Waals surface area (Å²) in [5.41, 5.74) is 1.40. The molecule has 62 valence electrons. The topological polar surface area (TPSA) is 68.7 Å². The van der Waals surface area contributed by atoms with Crippen LogP contribution < -0.4 is 5.32 Å². The van der Waals surface area contributed by atoms with Crippen LogP contribution in [0.25, 0.3) is 0 Å². The van der Waals surface area contributed by atoms with Gasteiger partial charge in [0.15, 0.2) is 0 Å². The Hall–Kier alpha value is -1.76. The number of H-pyrrole nitrogens is 1. The molecule has 2 N–H and O–H groups in total. The highest BCUT2D eigenvalue weighted by atomic mass is 16.1. The smallest absolute Gasteiger partial charge is 0.268 e. The van der Waals surface area contributed by atoms with Gasteiger partial charge in [-0.3, -0.25) is 4.79 Å². The van der Waals surface area contributed by atoms with Gasteiger partial charge in [0.25, 0.3) is 5.91 Å². The van der Waals surface area contributed by atoms with Crippen LogP contribution in [0.5, 0.6) is 0 Å². The van der Waals surface area contributed by atoms with E-state index >= 15 is 0 Å². The van der Waals surface area contributed by atoms with Crippen LogP contribution in [-0.4, -0.2) is 17.4 Å². The molecule has 0 unspecified atom stereocenters. The largest absolute Gasteiger partial charge is 0.357 e. The Balaban J connectivity index is 2.67. The van der Waals surface area contributed by atoms with Gasteiger partial charge in [0.1, 0.15) is 12.2 Å². The van der Waals surface area contributed by atoms with E-state index in [0.29, 0.717) is 5.69 Å². The third-order valence-electron chi connectivity index (χ3n) is 1.51. The summed E-state index contributed by atoms with van der Waals surface area (Å²) in [4.78, 5) is 14.0. The number of nitriles is 1. The second-order valence-electron chi connectivity index (χ2n) is 2.38. The second kappa shape index (κ2) is 3.58. The first-order valence-corrected chi connectivity index (χ1v) is 3.55. The lowest BCUT2D eigenvalue weighted by molar-refractivity contribution is 0.0953. The van der Waals surface area contributed by atoms with E-state index in [1.165, 1.54) is 0 Å². The maximum atomic E-state index is 11.2. The monoisotopic (exact) mass is 163 g/mol. The fourth-order valence-electron chi connectivity index (χ4n) is 0.900. The molecule has 0 aromatic carbocycles. The van der Waals surface area contributed by atoms with Gasteiger partial charge in [-0.2, -0.15) is 5.26 Å². The van der Waals surface area contributed by atoms with Crippen molar-refractivity contribution < 1.29 is 4.79 Å². The molecule has 0 spiro atoms. The molecule has 0 aliphatic rings. The van der Waals surface area contributed by atoms with Gasteiger partial charge < -0.3 is 10.3 Å². The molecule has 1 amide bonds. The normalized spacial score (nSPS) is 9.00. The van der Waals surface area contributed by atoms with E-state index in [2.05, 4.69) is 10.3 Å². The summed E-state index contributed by atoms with van der Waals surface area (Å²) in [6.45, 7) is 1.87. The lowest BCUT2D eigenvalue weighted by atomic mass is 10.2. The molecule has 4 nitrogen and oxygen atoms in total. The van der Waals surface area contributed by atoms with Crippen molar-refractivity contribution in [2.45, 2.75) is 6.92 Å². The summed E-state index contributed by atoms with van der Waals surface area (Å²) in [6, 6.07) is 3.64. The Kier molecular flexibility index (Phi) is 2.49. The van der Waals surface area contributed by atoms with Gasteiger partial charge in [0, 0.05) is 6.20 Å². The summed E-state index contributed by atoms with van der Waals surface area (Å²) in [7, 11) is 0. The molecule has 1 heterocycles. The lowest BCUT2D eigenvalue weighted by Gasteiger charge is -1.98. The number of hydrogen-bond donors (Lipinski definition) is 2. The number of nitrogens with one attached hydrogen (secondary N) is 2. The van der Waals surface area contributed by atoms with Crippen LogP contribution in [0.1, 0.15) is 16.1 Å². The Morgan fingerprint density at radius 2 is 2.58 bits per heavy atom. The van der Waals surface area contributed by atoms with E-state index in [4.69, 9.17) is 5.26 Å². The van der Waals surface area contributed by atoms with E-state index in [-0.39, 0.29) is 12.5 Å². The fraction of sp³-hybridized carbons (Fsp3) is 0.250. The first-order valence-electron chi connectivity index (χ1n) is 3.55. The minimum Gasteiger partial charge on any atom is -0.357 e. The van der Waals surface area contributed by atoms with Crippen LogP contribution in [0.15, 0.2) is 12.3 Å².